The van der Waals surface area contributed by atoms with Crippen molar-refractivity contribution in [3.05, 3.63) is 34.3 Å². The Kier molecular flexibility index (Phi) is 4.66. The molecule has 0 aromatic heterocycles. The third-order valence-corrected chi connectivity index (χ3v) is 4.63. The van der Waals surface area contributed by atoms with E-state index in [2.05, 4.69) is 39.3 Å². The Bertz CT molecular complexity index is 529. The SMILES string of the molecule is CN1CCCN=C1NCCN1CCc2c(Cl)cccc2C1. The van der Waals surface area contributed by atoms with Crippen molar-refractivity contribution in [2.45, 2.75) is 19.4 Å². The summed E-state index contributed by atoms with van der Waals surface area (Å²) in [6.07, 6.45) is 2.21. The molecular formula is C16H23ClN4. The number of aliphatic imine (C=N–C) groups is 1. The molecule has 0 saturated heterocycles. The van der Waals surface area contributed by atoms with Crippen LogP contribution in [0.4, 0.5) is 0 Å². The molecule has 21 heavy (non-hydrogen) atoms. The fraction of sp³-hybridized carbons (Fsp3) is 0.562. The smallest absolute Gasteiger partial charge is 0.193 e. The number of rotatable bonds is 3. The lowest BCUT2D eigenvalue weighted by Gasteiger charge is -2.30. The van der Waals surface area contributed by atoms with Crippen LogP contribution in [0.3, 0.4) is 0 Å². The Morgan fingerprint density at radius 3 is 3.10 bits per heavy atom. The third kappa shape index (κ3) is 3.50. The first-order valence-electron chi connectivity index (χ1n) is 7.72. The van der Waals surface area contributed by atoms with E-state index in [1.807, 2.05) is 6.07 Å². The minimum Gasteiger partial charge on any atom is -0.355 e. The van der Waals surface area contributed by atoms with Crippen molar-refractivity contribution in [2.75, 3.05) is 39.8 Å². The van der Waals surface area contributed by atoms with Gasteiger partial charge in [0.25, 0.3) is 0 Å². The van der Waals surface area contributed by atoms with Crippen molar-refractivity contribution in [1.29, 1.82) is 0 Å². The van der Waals surface area contributed by atoms with Crippen molar-refractivity contribution in [3.8, 4) is 0 Å². The van der Waals surface area contributed by atoms with Gasteiger partial charge in [0.05, 0.1) is 0 Å². The van der Waals surface area contributed by atoms with Gasteiger partial charge in [-0.3, -0.25) is 9.89 Å². The highest BCUT2D eigenvalue weighted by atomic mass is 35.5. The second-order valence-electron chi connectivity index (χ2n) is 5.81. The molecule has 0 aliphatic carbocycles. The maximum absolute atomic E-state index is 6.26. The molecule has 4 nitrogen and oxygen atoms in total. The maximum atomic E-state index is 6.26. The van der Waals surface area contributed by atoms with Crippen molar-refractivity contribution >= 4 is 17.6 Å². The van der Waals surface area contributed by atoms with E-state index < -0.39 is 0 Å². The zero-order chi connectivity index (χ0) is 14.7. The first-order valence-corrected chi connectivity index (χ1v) is 8.10. The van der Waals surface area contributed by atoms with E-state index in [0.29, 0.717) is 0 Å². The Balaban J connectivity index is 1.50. The van der Waals surface area contributed by atoms with E-state index in [0.717, 1.165) is 63.1 Å². The highest BCUT2D eigenvalue weighted by Gasteiger charge is 2.18. The van der Waals surface area contributed by atoms with E-state index >= 15 is 0 Å². The average molecular weight is 307 g/mol. The second kappa shape index (κ2) is 6.67. The Morgan fingerprint density at radius 2 is 2.24 bits per heavy atom. The molecule has 0 atom stereocenters. The van der Waals surface area contributed by atoms with Crippen LogP contribution in [0, 0.1) is 0 Å². The lowest BCUT2D eigenvalue weighted by Crippen LogP contribution is -2.45. The van der Waals surface area contributed by atoms with Gasteiger partial charge in [-0.2, -0.15) is 0 Å². The highest BCUT2D eigenvalue weighted by molar-refractivity contribution is 6.31. The summed E-state index contributed by atoms with van der Waals surface area (Å²) in [6, 6.07) is 6.24. The molecule has 0 spiro atoms. The van der Waals surface area contributed by atoms with Gasteiger partial charge in [-0.25, -0.2) is 0 Å². The third-order valence-electron chi connectivity index (χ3n) is 4.27. The number of halogens is 1. The van der Waals surface area contributed by atoms with Crippen LogP contribution >= 0.6 is 11.6 Å². The van der Waals surface area contributed by atoms with Crippen LogP contribution in [0.15, 0.2) is 23.2 Å². The van der Waals surface area contributed by atoms with Gasteiger partial charge in [-0.05, 0) is 30.0 Å². The lowest BCUT2D eigenvalue weighted by molar-refractivity contribution is 0.257. The minimum atomic E-state index is 0.920. The monoisotopic (exact) mass is 306 g/mol. The van der Waals surface area contributed by atoms with Gasteiger partial charge in [-0.1, -0.05) is 23.7 Å². The summed E-state index contributed by atoms with van der Waals surface area (Å²) >= 11 is 6.26. The molecule has 0 radical (unpaired) electrons. The largest absolute Gasteiger partial charge is 0.355 e. The summed E-state index contributed by atoms with van der Waals surface area (Å²) in [5.74, 6) is 1.04. The lowest BCUT2D eigenvalue weighted by atomic mass is 10.00. The molecule has 1 aromatic rings. The predicted molar refractivity (Wildman–Crippen MR) is 88.0 cm³/mol. The Labute approximate surface area is 131 Å². The Morgan fingerprint density at radius 1 is 1.33 bits per heavy atom. The van der Waals surface area contributed by atoms with Gasteiger partial charge in [0.15, 0.2) is 5.96 Å². The summed E-state index contributed by atoms with van der Waals surface area (Å²) in [4.78, 5) is 9.22. The van der Waals surface area contributed by atoms with Crippen LogP contribution in [0.1, 0.15) is 17.5 Å². The second-order valence-corrected chi connectivity index (χ2v) is 6.22. The first-order chi connectivity index (χ1) is 10.2. The number of hydrogen-bond donors (Lipinski definition) is 1. The minimum absolute atomic E-state index is 0.920. The van der Waals surface area contributed by atoms with Gasteiger partial charge < -0.3 is 10.2 Å². The molecule has 0 unspecified atom stereocenters. The first kappa shape index (κ1) is 14.7. The normalized spacial score (nSPS) is 19.1. The molecule has 1 aromatic carbocycles. The van der Waals surface area contributed by atoms with Gasteiger partial charge >= 0.3 is 0 Å². The summed E-state index contributed by atoms with van der Waals surface area (Å²) in [6.45, 7) is 6.11. The fourth-order valence-corrected chi connectivity index (χ4v) is 3.34. The molecule has 2 heterocycles. The quantitative estimate of drug-likeness (QED) is 0.926. The summed E-state index contributed by atoms with van der Waals surface area (Å²) in [5, 5.41) is 4.38. The molecule has 3 rings (SSSR count). The van der Waals surface area contributed by atoms with Gasteiger partial charge in [-0.15, -0.1) is 0 Å². The molecule has 1 N–H and O–H groups in total. The molecule has 5 heteroatoms. The summed E-state index contributed by atoms with van der Waals surface area (Å²) < 4.78 is 0. The van der Waals surface area contributed by atoms with Crippen molar-refractivity contribution in [1.82, 2.24) is 15.1 Å². The van der Waals surface area contributed by atoms with E-state index in [-0.39, 0.29) is 0 Å². The summed E-state index contributed by atoms with van der Waals surface area (Å²) in [7, 11) is 2.10. The molecule has 0 amide bonds. The van der Waals surface area contributed by atoms with E-state index in [1.165, 1.54) is 11.1 Å². The van der Waals surface area contributed by atoms with Crippen LogP contribution in [0.25, 0.3) is 0 Å². The van der Waals surface area contributed by atoms with Crippen LogP contribution in [0.2, 0.25) is 5.02 Å². The Hall–Kier alpha value is -1.26. The van der Waals surface area contributed by atoms with Gasteiger partial charge in [0.1, 0.15) is 0 Å². The number of fused-ring (bicyclic) bond motifs is 1. The van der Waals surface area contributed by atoms with Crippen molar-refractivity contribution in [2.24, 2.45) is 4.99 Å². The van der Waals surface area contributed by atoms with Crippen LogP contribution in [-0.4, -0.2) is 55.5 Å². The molecule has 0 bridgehead atoms. The highest BCUT2D eigenvalue weighted by Crippen LogP contribution is 2.25. The number of guanidine groups is 1. The van der Waals surface area contributed by atoms with Crippen LogP contribution < -0.4 is 5.32 Å². The predicted octanol–water partition coefficient (Wildman–Crippen LogP) is 1.98. The van der Waals surface area contributed by atoms with E-state index in [9.17, 15) is 0 Å². The van der Waals surface area contributed by atoms with Crippen molar-refractivity contribution in [3.63, 3.8) is 0 Å². The molecule has 0 fully saturated rings. The number of nitrogens with zero attached hydrogens (tertiary/aromatic N) is 3. The van der Waals surface area contributed by atoms with Crippen LogP contribution in [0.5, 0.6) is 0 Å². The van der Waals surface area contributed by atoms with Crippen molar-refractivity contribution < 1.29 is 0 Å². The average Bonchev–Trinajstić information content (AvgIpc) is 2.49. The van der Waals surface area contributed by atoms with E-state index in [1.54, 1.807) is 0 Å². The van der Waals surface area contributed by atoms with E-state index in [4.69, 9.17) is 11.6 Å². The molecule has 2 aliphatic rings. The summed E-state index contributed by atoms with van der Waals surface area (Å²) in [5.41, 5.74) is 2.71. The number of benzene rings is 1. The van der Waals surface area contributed by atoms with Gasteiger partial charge in [0.2, 0.25) is 0 Å². The fourth-order valence-electron chi connectivity index (χ4n) is 3.05. The zero-order valence-electron chi connectivity index (χ0n) is 12.6. The molecule has 0 saturated carbocycles. The number of hydrogen-bond acceptors (Lipinski definition) is 4. The molecule has 2 aliphatic heterocycles. The number of nitrogens with one attached hydrogen (secondary N) is 1. The zero-order valence-corrected chi connectivity index (χ0v) is 13.4. The molecular weight excluding hydrogens is 284 g/mol. The standard InChI is InChI=1S/C16H23ClN4/c1-20-9-3-7-18-16(20)19-8-11-21-10-6-14-13(12-21)4-2-5-15(14)17/h2,4-5H,3,6-12H2,1H3,(H,18,19). The van der Waals surface area contributed by atoms with Gasteiger partial charge in [0, 0.05) is 51.3 Å². The van der Waals surface area contributed by atoms with Crippen LogP contribution in [-0.2, 0) is 13.0 Å². The molecule has 114 valence electrons. The maximum Gasteiger partial charge on any atom is 0.193 e. The topological polar surface area (TPSA) is 30.9 Å².